The highest BCUT2D eigenvalue weighted by molar-refractivity contribution is 5.77. The molecule has 3 rings (SSSR count). The molecule has 116 valence electrons. The Morgan fingerprint density at radius 1 is 1.04 bits per heavy atom. The summed E-state index contributed by atoms with van der Waals surface area (Å²) in [6.07, 6.45) is 0.281. The number of aryl methyl sites for hydroxylation is 2. The van der Waals surface area contributed by atoms with Crippen molar-refractivity contribution in [3.8, 4) is 22.6 Å². The summed E-state index contributed by atoms with van der Waals surface area (Å²) < 4.78 is 5.87. The first-order chi connectivity index (χ1) is 11.1. The standard InChI is InChI=1S/C19H17NO3/c1-13-7-9-15(10-8-13)19-18(14-5-3-2-4-6-14)20-16(23-19)11-12-17(21)22/h2-10H,11-12H2,1H3,(H,21,22). The fourth-order valence-corrected chi connectivity index (χ4v) is 2.38. The van der Waals surface area contributed by atoms with Crippen LogP contribution in [0.2, 0.25) is 0 Å². The van der Waals surface area contributed by atoms with Gasteiger partial charge in [-0.2, -0.15) is 0 Å². The van der Waals surface area contributed by atoms with Crippen molar-refractivity contribution >= 4 is 5.97 Å². The van der Waals surface area contributed by atoms with E-state index in [1.807, 2.05) is 61.5 Å². The zero-order valence-corrected chi connectivity index (χ0v) is 12.8. The van der Waals surface area contributed by atoms with Crippen molar-refractivity contribution in [1.82, 2.24) is 4.98 Å². The van der Waals surface area contributed by atoms with Crippen LogP contribution in [-0.2, 0) is 11.2 Å². The molecule has 2 aromatic carbocycles. The fraction of sp³-hybridized carbons (Fsp3) is 0.158. The number of oxazole rings is 1. The average Bonchev–Trinajstić information content (AvgIpc) is 2.99. The Morgan fingerprint density at radius 3 is 2.39 bits per heavy atom. The first-order valence-electron chi connectivity index (χ1n) is 7.47. The average molecular weight is 307 g/mol. The summed E-state index contributed by atoms with van der Waals surface area (Å²) in [5, 5.41) is 8.85. The molecule has 1 aromatic heterocycles. The molecule has 0 spiro atoms. The zero-order valence-electron chi connectivity index (χ0n) is 12.8. The highest BCUT2D eigenvalue weighted by Gasteiger charge is 2.17. The Hall–Kier alpha value is -2.88. The van der Waals surface area contributed by atoms with E-state index in [-0.39, 0.29) is 12.8 Å². The van der Waals surface area contributed by atoms with Gasteiger partial charge in [0.2, 0.25) is 0 Å². The molecule has 4 nitrogen and oxygen atoms in total. The maximum absolute atomic E-state index is 10.8. The van der Waals surface area contributed by atoms with Crippen LogP contribution in [-0.4, -0.2) is 16.1 Å². The van der Waals surface area contributed by atoms with Crippen LogP contribution in [0.25, 0.3) is 22.6 Å². The number of benzene rings is 2. The molecule has 1 N–H and O–H groups in total. The number of carboxylic acids is 1. The molecule has 0 atom stereocenters. The maximum Gasteiger partial charge on any atom is 0.303 e. The maximum atomic E-state index is 10.8. The summed E-state index contributed by atoms with van der Waals surface area (Å²) in [5.74, 6) is 0.264. The minimum atomic E-state index is -0.860. The summed E-state index contributed by atoms with van der Waals surface area (Å²) in [6.45, 7) is 2.03. The van der Waals surface area contributed by atoms with Gasteiger partial charge in [-0.25, -0.2) is 4.98 Å². The van der Waals surface area contributed by atoms with E-state index in [0.717, 1.165) is 16.8 Å². The van der Waals surface area contributed by atoms with Crippen molar-refractivity contribution in [1.29, 1.82) is 0 Å². The second kappa shape index (κ2) is 6.48. The molecule has 4 heteroatoms. The van der Waals surface area contributed by atoms with Crippen LogP contribution < -0.4 is 0 Å². The molecule has 0 unspecified atom stereocenters. The minimum Gasteiger partial charge on any atom is -0.481 e. The van der Waals surface area contributed by atoms with Crippen molar-refractivity contribution < 1.29 is 14.3 Å². The van der Waals surface area contributed by atoms with Gasteiger partial charge >= 0.3 is 5.97 Å². The molecular weight excluding hydrogens is 290 g/mol. The number of nitrogens with zero attached hydrogens (tertiary/aromatic N) is 1. The summed E-state index contributed by atoms with van der Waals surface area (Å²) >= 11 is 0. The van der Waals surface area contributed by atoms with Gasteiger partial charge in [0.1, 0.15) is 5.69 Å². The van der Waals surface area contributed by atoms with E-state index in [1.165, 1.54) is 5.56 Å². The summed E-state index contributed by atoms with van der Waals surface area (Å²) in [7, 11) is 0. The molecule has 0 saturated heterocycles. The normalized spacial score (nSPS) is 10.7. The number of carbonyl (C=O) groups is 1. The summed E-state index contributed by atoms with van der Waals surface area (Å²) in [4.78, 5) is 15.3. The lowest BCUT2D eigenvalue weighted by atomic mass is 10.0. The third kappa shape index (κ3) is 3.48. The van der Waals surface area contributed by atoms with Crippen LogP contribution in [0.4, 0.5) is 0 Å². The summed E-state index contributed by atoms with van der Waals surface area (Å²) in [5.41, 5.74) is 3.80. The number of rotatable bonds is 5. The topological polar surface area (TPSA) is 63.3 Å². The van der Waals surface area contributed by atoms with Gasteiger partial charge in [-0.15, -0.1) is 0 Å². The van der Waals surface area contributed by atoms with Crippen molar-refractivity contribution in [2.75, 3.05) is 0 Å². The molecule has 0 bridgehead atoms. The minimum absolute atomic E-state index is 0.00206. The molecule has 0 amide bonds. The molecule has 1 heterocycles. The molecule has 0 aliphatic carbocycles. The largest absolute Gasteiger partial charge is 0.481 e. The Balaban J connectivity index is 2.05. The van der Waals surface area contributed by atoms with Crippen molar-refractivity contribution in [2.45, 2.75) is 19.8 Å². The Bertz CT molecular complexity index is 804. The second-order valence-electron chi connectivity index (χ2n) is 5.41. The van der Waals surface area contributed by atoms with Gasteiger partial charge in [0, 0.05) is 17.5 Å². The monoisotopic (exact) mass is 307 g/mol. The van der Waals surface area contributed by atoms with Gasteiger partial charge in [-0.05, 0) is 6.92 Å². The van der Waals surface area contributed by atoms with Gasteiger partial charge in [-0.1, -0.05) is 60.2 Å². The molecular formula is C19H17NO3. The van der Waals surface area contributed by atoms with E-state index in [0.29, 0.717) is 11.7 Å². The van der Waals surface area contributed by atoms with Gasteiger partial charge in [-0.3, -0.25) is 4.79 Å². The molecule has 0 aliphatic heterocycles. The fourth-order valence-electron chi connectivity index (χ4n) is 2.38. The van der Waals surface area contributed by atoms with E-state index < -0.39 is 5.97 Å². The van der Waals surface area contributed by atoms with Crippen LogP contribution >= 0.6 is 0 Å². The predicted molar refractivity (Wildman–Crippen MR) is 88.1 cm³/mol. The SMILES string of the molecule is Cc1ccc(-c2oc(CCC(=O)O)nc2-c2ccccc2)cc1. The molecule has 23 heavy (non-hydrogen) atoms. The quantitative estimate of drug-likeness (QED) is 0.762. The van der Waals surface area contributed by atoms with Gasteiger partial charge in [0.25, 0.3) is 0 Å². The van der Waals surface area contributed by atoms with Crippen molar-refractivity contribution in [3.05, 3.63) is 66.1 Å². The van der Waals surface area contributed by atoms with Crippen LogP contribution in [0.15, 0.2) is 59.0 Å². The highest BCUT2D eigenvalue weighted by atomic mass is 16.4. The first-order valence-corrected chi connectivity index (χ1v) is 7.47. The van der Waals surface area contributed by atoms with Crippen LogP contribution in [0, 0.1) is 6.92 Å². The zero-order chi connectivity index (χ0) is 16.2. The van der Waals surface area contributed by atoms with E-state index in [1.54, 1.807) is 0 Å². The molecule has 3 aromatic rings. The Labute approximate surface area is 134 Å². The number of aliphatic carboxylic acids is 1. The number of carboxylic acid groups (broad SMARTS) is 1. The van der Waals surface area contributed by atoms with E-state index in [2.05, 4.69) is 4.98 Å². The second-order valence-corrected chi connectivity index (χ2v) is 5.41. The van der Waals surface area contributed by atoms with Crippen molar-refractivity contribution in [2.24, 2.45) is 0 Å². The van der Waals surface area contributed by atoms with Crippen LogP contribution in [0.1, 0.15) is 17.9 Å². The third-order valence-corrected chi connectivity index (χ3v) is 3.59. The van der Waals surface area contributed by atoms with E-state index in [4.69, 9.17) is 9.52 Å². The molecule has 0 saturated carbocycles. The van der Waals surface area contributed by atoms with Gasteiger partial charge in [0.05, 0.1) is 6.42 Å². The van der Waals surface area contributed by atoms with Crippen molar-refractivity contribution in [3.63, 3.8) is 0 Å². The predicted octanol–water partition coefficient (Wildman–Crippen LogP) is 4.33. The lowest BCUT2D eigenvalue weighted by molar-refractivity contribution is -0.137. The number of hydrogen-bond acceptors (Lipinski definition) is 3. The molecule has 0 radical (unpaired) electrons. The van der Waals surface area contributed by atoms with Gasteiger partial charge < -0.3 is 9.52 Å². The Morgan fingerprint density at radius 2 is 1.74 bits per heavy atom. The highest BCUT2D eigenvalue weighted by Crippen LogP contribution is 2.33. The van der Waals surface area contributed by atoms with Crippen LogP contribution in [0.3, 0.4) is 0 Å². The lowest BCUT2D eigenvalue weighted by Crippen LogP contribution is -1.97. The first kappa shape index (κ1) is 15.0. The third-order valence-electron chi connectivity index (χ3n) is 3.59. The van der Waals surface area contributed by atoms with Gasteiger partial charge in [0.15, 0.2) is 11.7 Å². The number of hydrogen-bond donors (Lipinski definition) is 1. The molecule has 0 fully saturated rings. The van der Waals surface area contributed by atoms with E-state index in [9.17, 15) is 4.79 Å². The van der Waals surface area contributed by atoms with Crippen LogP contribution in [0.5, 0.6) is 0 Å². The smallest absolute Gasteiger partial charge is 0.303 e. The Kier molecular flexibility index (Phi) is 4.24. The lowest BCUT2D eigenvalue weighted by Gasteiger charge is -2.02. The molecule has 0 aliphatic rings. The number of aromatic nitrogens is 1. The summed E-state index contributed by atoms with van der Waals surface area (Å²) in [6, 6.07) is 17.8. The van der Waals surface area contributed by atoms with E-state index >= 15 is 0 Å².